The van der Waals surface area contributed by atoms with Gasteiger partial charge in [0.2, 0.25) is 0 Å². The fourth-order valence-electron chi connectivity index (χ4n) is 4.47. The summed E-state index contributed by atoms with van der Waals surface area (Å²) in [6, 6.07) is 22.1. The monoisotopic (exact) mass is 489 g/mol. The Morgan fingerprint density at radius 3 is 2.44 bits per heavy atom. The van der Waals surface area contributed by atoms with Crippen LogP contribution in [0.1, 0.15) is 33.4 Å². The number of benzene rings is 3. The molecule has 0 saturated carbocycles. The molecule has 0 aliphatic heterocycles. The van der Waals surface area contributed by atoms with Crippen LogP contribution in [0.25, 0.3) is 11.1 Å². The Hall–Kier alpha value is -3.68. The van der Waals surface area contributed by atoms with Crippen LogP contribution in [0.4, 0.5) is 18.9 Å². The number of anilines is 1. The maximum Gasteiger partial charge on any atom is 0.416 e. The zero-order chi connectivity index (χ0) is 25.0. The molecule has 184 valence electrons. The van der Waals surface area contributed by atoms with E-state index in [4.69, 9.17) is 4.84 Å². The second-order valence-corrected chi connectivity index (χ2v) is 8.85. The smallest absolute Gasteiger partial charge is 0.384 e. The van der Waals surface area contributed by atoms with Gasteiger partial charge in [0.1, 0.15) is 0 Å². The van der Waals surface area contributed by atoms with Crippen LogP contribution in [0.2, 0.25) is 0 Å². The molecule has 2 N–H and O–H groups in total. The molecule has 4 aromatic rings. The van der Waals surface area contributed by atoms with Crippen LogP contribution in [0.3, 0.4) is 0 Å². The zero-order valence-corrected chi connectivity index (χ0v) is 19.6. The van der Waals surface area contributed by atoms with Crippen molar-refractivity contribution in [1.29, 1.82) is 0 Å². The number of nitrogens with one attached hydrogen (secondary N) is 2. The molecule has 1 aliphatic rings. The minimum absolute atomic E-state index is 0.426. The summed E-state index contributed by atoms with van der Waals surface area (Å²) in [5.41, 5.74) is 9.56. The number of rotatable bonds is 9. The van der Waals surface area contributed by atoms with Crippen molar-refractivity contribution < 1.29 is 18.0 Å². The van der Waals surface area contributed by atoms with E-state index in [-0.39, 0.29) is 0 Å². The molecule has 0 bridgehead atoms. The quantitative estimate of drug-likeness (QED) is 0.182. The van der Waals surface area contributed by atoms with Crippen molar-refractivity contribution in [3.8, 4) is 11.1 Å². The molecule has 0 spiro atoms. The third-order valence-electron chi connectivity index (χ3n) is 6.34. The summed E-state index contributed by atoms with van der Waals surface area (Å²) in [6.07, 6.45) is 0.444. The van der Waals surface area contributed by atoms with E-state index in [1.165, 1.54) is 12.1 Å². The highest BCUT2D eigenvalue weighted by Crippen LogP contribution is 2.44. The number of pyridine rings is 1. The minimum atomic E-state index is -4.40. The summed E-state index contributed by atoms with van der Waals surface area (Å²) in [7, 11) is 0. The van der Waals surface area contributed by atoms with Crippen LogP contribution in [-0.2, 0) is 37.0 Å². The molecular weight excluding hydrogens is 463 g/mol. The first-order valence-electron chi connectivity index (χ1n) is 11.8. The van der Waals surface area contributed by atoms with Crippen LogP contribution in [-0.4, -0.2) is 11.5 Å². The molecule has 0 fully saturated rings. The van der Waals surface area contributed by atoms with Crippen LogP contribution in [0, 0.1) is 0 Å². The second-order valence-electron chi connectivity index (χ2n) is 8.85. The Balaban J connectivity index is 1.18. The predicted molar refractivity (Wildman–Crippen MR) is 134 cm³/mol. The van der Waals surface area contributed by atoms with Crippen molar-refractivity contribution in [2.24, 2.45) is 0 Å². The Bertz CT molecular complexity index is 1320. The molecule has 5 rings (SSSR count). The van der Waals surface area contributed by atoms with Crippen molar-refractivity contribution in [2.45, 2.75) is 32.2 Å². The van der Waals surface area contributed by atoms with Crippen LogP contribution < -0.4 is 10.8 Å². The fourth-order valence-corrected chi connectivity index (χ4v) is 4.47. The van der Waals surface area contributed by atoms with Gasteiger partial charge < -0.3 is 5.32 Å². The SMILES string of the molecule is FC(F)(F)c1cc(NCCc2ccc(CONCc3cccnc3)cc2)c2c(c1)-c1ccccc1C2. The summed E-state index contributed by atoms with van der Waals surface area (Å²) in [5, 5.41) is 3.27. The molecule has 3 aromatic carbocycles. The summed E-state index contributed by atoms with van der Waals surface area (Å²) < 4.78 is 40.8. The van der Waals surface area contributed by atoms with Gasteiger partial charge in [-0.25, -0.2) is 0 Å². The molecule has 0 amide bonds. The van der Waals surface area contributed by atoms with Crippen LogP contribution in [0.15, 0.2) is 85.2 Å². The van der Waals surface area contributed by atoms with Crippen molar-refractivity contribution in [2.75, 3.05) is 11.9 Å². The van der Waals surface area contributed by atoms with Gasteiger partial charge in [0.25, 0.3) is 0 Å². The predicted octanol–water partition coefficient (Wildman–Crippen LogP) is 6.55. The number of halogens is 3. The van der Waals surface area contributed by atoms with Gasteiger partial charge in [-0.2, -0.15) is 18.7 Å². The van der Waals surface area contributed by atoms with Gasteiger partial charge in [-0.05, 0) is 63.6 Å². The molecule has 1 heterocycles. The molecule has 1 aromatic heterocycles. The van der Waals surface area contributed by atoms with Gasteiger partial charge in [0, 0.05) is 37.6 Å². The Labute approximate surface area is 208 Å². The number of hydrogen-bond donors (Lipinski definition) is 2. The van der Waals surface area contributed by atoms with Gasteiger partial charge in [-0.3, -0.25) is 9.82 Å². The topological polar surface area (TPSA) is 46.2 Å². The van der Waals surface area contributed by atoms with Crippen LogP contribution >= 0.6 is 0 Å². The summed E-state index contributed by atoms with van der Waals surface area (Å²) in [5.74, 6) is 0. The minimum Gasteiger partial charge on any atom is -0.384 e. The van der Waals surface area contributed by atoms with Crippen molar-refractivity contribution in [1.82, 2.24) is 10.5 Å². The highest BCUT2D eigenvalue weighted by atomic mass is 19.4. The van der Waals surface area contributed by atoms with E-state index in [2.05, 4.69) is 15.8 Å². The molecule has 1 aliphatic carbocycles. The summed E-state index contributed by atoms with van der Waals surface area (Å²) in [4.78, 5) is 9.59. The molecule has 0 atom stereocenters. The normalized spacial score (nSPS) is 12.3. The summed E-state index contributed by atoms with van der Waals surface area (Å²) >= 11 is 0. The van der Waals surface area contributed by atoms with E-state index >= 15 is 0 Å². The van der Waals surface area contributed by atoms with Gasteiger partial charge in [0.05, 0.1) is 12.2 Å². The van der Waals surface area contributed by atoms with E-state index in [1.807, 2.05) is 60.7 Å². The third-order valence-corrected chi connectivity index (χ3v) is 6.34. The van der Waals surface area contributed by atoms with Gasteiger partial charge >= 0.3 is 6.18 Å². The number of nitrogens with zero attached hydrogens (tertiary/aromatic N) is 1. The standard InChI is InChI=1S/C29H26F3N3O/c30-29(31,32)24-15-26-25-6-2-1-5-23(25)14-27(26)28(16-24)34-13-11-20-7-9-21(10-8-20)19-36-35-18-22-4-3-12-33-17-22/h1-10,12,15-17,34-35H,11,13-14,18-19H2. The first-order valence-corrected chi connectivity index (χ1v) is 11.8. The Morgan fingerprint density at radius 2 is 1.67 bits per heavy atom. The largest absolute Gasteiger partial charge is 0.416 e. The van der Waals surface area contributed by atoms with Crippen LogP contribution in [0.5, 0.6) is 0 Å². The lowest BCUT2D eigenvalue weighted by molar-refractivity contribution is -0.137. The third kappa shape index (κ3) is 5.58. The van der Waals surface area contributed by atoms with Gasteiger partial charge in [-0.1, -0.05) is 54.6 Å². The Kier molecular flexibility index (Phi) is 7.02. The van der Waals surface area contributed by atoms with E-state index in [9.17, 15) is 13.2 Å². The molecule has 7 heteroatoms. The molecule has 0 radical (unpaired) electrons. The molecule has 36 heavy (non-hydrogen) atoms. The maximum atomic E-state index is 13.6. The molecule has 4 nitrogen and oxygen atoms in total. The number of hydroxylamine groups is 1. The van der Waals surface area contributed by atoms with E-state index in [0.717, 1.165) is 33.4 Å². The molecule has 0 saturated heterocycles. The lowest BCUT2D eigenvalue weighted by Gasteiger charge is -2.16. The van der Waals surface area contributed by atoms with E-state index in [1.54, 1.807) is 12.4 Å². The number of alkyl halides is 3. The number of hydrogen-bond acceptors (Lipinski definition) is 4. The van der Waals surface area contributed by atoms with Gasteiger partial charge in [-0.15, -0.1) is 0 Å². The first kappa shape index (κ1) is 24.0. The van der Waals surface area contributed by atoms with E-state index in [0.29, 0.717) is 43.8 Å². The van der Waals surface area contributed by atoms with Crippen molar-refractivity contribution in [3.63, 3.8) is 0 Å². The lowest BCUT2D eigenvalue weighted by atomic mass is 10.0. The summed E-state index contributed by atoms with van der Waals surface area (Å²) in [6.45, 7) is 1.53. The fraction of sp³-hybridized carbons (Fsp3) is 0.207. The second kappa shape index (κ2) is 10.5. The molecule has 0 unspecified atom stereocenters. The zero-order valence-electron chi connectivity index (χ0n) is 19.6. The maximum absolute atomic E-state index is 13.6. The highest BCUT2D eigenvalue weighted by molar-refractivity contribution is 5.83. The molecular formula is C29H26F3N3O. The highest BCUT2D eigenvalue weighted by Gasteiger charge is 2.33. The van der Waals surface area contributed by atoms with Crippen molar-refractivity contribution >= 4 is 5.69 Å². The first-order chi connectivity index (χ1) is 17.5. The lowest BCUT2D eigenvalue weighted by Crippen LogP contribution is -2.14. The Morgan fingerprint density at radius 1 is 0.861 bits per heavy atom. The van der Waals surface area contributed by atoms with E-state index < -0.39 is 11.7 Å². The van der Waals surface area contributed by atoms with Crippen molar-refractivity contribution in [3.05, 3.63) is 119 Å². The number of aromatic nitrogens is 1. The van der Waals surface area contributed by atoms with Gasteiger partial charge in [0.15, 0.2) is 0 Å². The average molecular weight is 490 g/mol. The average Bonchev–Trinajstić information content (AvgIpc) is 3.27. The number of fused-ring (bicyclic) bond motifs is 3.